The van der Waals surface area contributed by atoms with Crippen LogP contribution in [-0.2, 0) is 0 Å². The van der Waals surface area contributed by atoms with E-state index in [2.05, 4.69) is 6.07 Å². The maximum Gasteiger partial charge on any atom is 0.161 e. The first-order valence-corrected chi connectivity index (χ1v) is 6.69. The zero-order valence-electron chi connectivity index (χ0n) is 11.2. The first-order chi connectivity index (χ1) is 9.67. The van der Waals surface area contributed by atoms with Gasteiger partial charge in [-0.25, -0.2) is 0 Å². The highest BCUT2D eigenvalue weighted by molar-refractivity contribution is 7.16. The van der Waals surface area contributed by atoms with Crippen molar-refractivity contribution in [2.75, 3.05) is 20.0 Å². The molecule has 0 bridgehead atoms. The average molecular weight is 286 g/mol. The van der Waals surface area contributed by atoms with Crippen molar-refractivity contribution in [2.24, 2.45) is 0 Å². The van der Waals surface area contributed by atoms with Crippen LogP contribution in [0.1, 0.15) is 10.4 Å². The van der Waals surface area contributed by atoms with Gasteiger partial charge in [0.05, 0.1) is 30.9 Å². The van der Waals surface area contributed by atoms with Crippen molar-refractivity contribution in [3.8, 4) is 17.6 Å². The van der Waals surface area contributed by atoms with Crippen LogP contribution in [-0.4, -0.2) is 14.2 Å². The molecule has 102 valence electrons. The van der Waals surface area contributed by atoms with Gasteiger partial charge < -0.3 is 15.2 Å². The Morgan fingerprint density at radius 1 is 1.20 bits per heavy atom. The van der Waals surface area contributed by atoms with Crippen molar-refractivity contribution in [3.05, 3.63) is 40.8 Å². The predicted octanol–water partition coefficient (Wildman–Crippen LogP) is 3.41. The van der Waals surface area contributed by atoms with Crippen molar-refractivity contribution in [1.82, 2.24) is 0 Å². The fraction of sp³-hybridized carbons (Fsp3) is 0.133. The number of allylic oxidation sites excluding steroid dienone is 1. The number of hydrogen-bond acceptors (Lipinski definition) is 5. The lowest BCUT2D eigenvalue weighted by molar-refractivity contribution is 0.355. The quantitative estimate of drug-likeness (QED) is 0.874. The maximum atomic E-state index is 9.32. The summed E-state index contributed by atoms with van der Waals surface area (Å²) in [5.41, 5.74) is 7.01. The third-order valence-corrected chi connectivity index (χ3v) is 3.61. The van der Waals surface area contributed by atoms with E-state index in [1.54, 1.807) is 26.4 Å². The molecule has 0 amide bonds. The summed E-state index contributed by atoms with van der Waals surface area (Å²) >= 11 is 1.44. The molecule has 0 aliphatic carbocycles. The summed E-state index contributed by atoms with van der Waals surface area (Å²) in [5, 5.41) is 10.0. The van der Waals surface area contributed by atoms with Crippen LogP contribution in [0.15, 0.2) is 30.3 Å². The summed E-state index contributed by atoms with van der Waals surface area (Å²) in [6.45, 7) is 0. The van der Waals surface area contributed by atoms with E-state index in [0.29, 0.717) is 17.1 Å². The topological polar surface area (TPSA) is 68.3 Å². The summed E-state index contributed by atoms with van der Waals surface area (Å²) < 4.78 is 10.4. The minimum Gasteiger partial charge on any atom is -0.493 e. The molecule has 1 heterocycles. The second kappa shape index (κ2) is 6.13. The fourth-order valence-corrected chi connectivity index (χ4v) is 2.49. The summed E-state index contributed by atoms with van der Waals surface area (Å²) in [5.74, 6) is 1.23. The number of nitrogen functional groups attached to an aromatic ring is 1. The zero-order chi connectivity index (χ0) is 14.5. The third kappa shape index (κ3) is 2.92. The van der Waals surface area contributed by atoms with E-state index in [-0.39, 0.29) is 0 Å². The molecule has 2 aromatic rings. The minimum atomic E-state index is 0.549. The van der Waals surface area contributed by atoms with Gasteiger partial charge in [-0.3, -0.25) is 0 Å². The molecule has 20 heavy (non-hydrogen) atoms. The van der Waals surface area contributed by atoms with E-state index < -0.39 is 0 Å². The van der Waals surface area contributed by atoms with Gasteiger partial charge in [0.2, 0.25) is 0 Å². The highest BCUT2D eigenvalue weighted by Gasteiger charge is 2.08. The molecule has 0 aliphatic heterocycles. The van der Waals surface area contributed by atoms with Crippen LogP contribution in [0.5, 0.6) is 11.5 Å². The van der Waals surface area contributed by atoms with Crippen LogP contribution in [0.3, 0.4) is 0 Å². The number of nitriles is 1. The molecule has 0 saturated heterocycles. The second-order valence-electron chi connectivity index (χ2n) is 3.98. The monoisotopic (exact) mass is 286 g/mol. The summed E-state index contributed by atoms with van der Waals surface area (Å²) in [7, 11) is 3.14. The molecule has 1 aromatic carbocycles. The van der Waals surface area contributed by atoms with Crippen LogP contribution in [0.4, 0.5) is 5.00 Å². The van der Waals surface area contributed by atoms with Crippen molar-refractivity contribution in [1.29, 1.82) is 5.26 Å². The first kappa shape index (κ1) is 14.0. The number of thiophene rings is 1. The Bertz CT molecular complexity index is 683. The van der Waals surface area contributed by atoms with Gasteiger partial charge in [-0.05, 0) is 42.0 Å². The van der Waals surface area contributed by atoms with Gasteiger partial charge in [-0.15, -0.1) is 11.3 Å². The minimum absolute atomic E-state index is 0.549. The standard InChI is InChI=1S/C15H14N2O2S/c1-18-13-5-3-10(8-14(13)19-2)11(9-16)7-12-4-6-15(17)20-12/h3-8H,17H2,1-2H3. The van der Waals surface area contributed by atoms with Crippen LogP contribution in [0, 0.1) is 11.3 Å². The van der Waals surface area contributed by atoms with Crippen molar-refractivity contribution < 1.29 is 9.47 Å². The van der Waals surface area contributed by atoms with E-state index in [1.807, 2.05) is 24.3 Å². The second-order valence-corrected chi connectivity index (χ2v) is 5.13. The van der Waals surface area contributed by atoms with E-state index >= 15 is 0 Å². The SMILES string of the molecule is COc1ccc(C(C#N)=Cc2ccc(N)s2)cc1OC. The average Bonchev–Trinajstić information content (AvgIpc) is 2.89. The van der Waals surface area contributed by atoms with Gasteiger partial charge in [-0.1, -0.05) is 0 Å². The van der Waals surface area contributed by atoms with E-state index in [1.165, 1.54) is 11.3 Å². The number of nitrogens with zero attached hydrogens (tertiary/aromatic N) is 1. The maximum absolute atomic E-state index is 9.32. The Hall–Kier alpha value is -2.45. The Morgan fingerprint density at radius 2 is 1.95 bits per heavy atom. The third-order valence-electron chi connectivity index (χ3n) is 2.75. The van der Waals surface area contributed by atoms with Gasteiger partial charge in [0.25, 0.3) is 0 Å². The summed E-state index contributed by atoms with van der Waals surface area (Å²) in [6.07, 6.45) is 1.81. The van der Waals surface area contributed by atoms with Crippen LogP contribution >= 0.6 is 11.3 Å². The molecular formula is C15H14N2O2S. The van der Waals surface area contributed by atoms with Gasteiger partial charge in [0.1, 0.15) is 0 Å². The number of ether oxygens (including phenoxy) is 2. The van der Waals surface area contributed by atoms with Gasteiger partial charge in [0, 0.05) is 4.88 Å². The number of nitrogens with two attached hydrogens (primary N) is 1. The molecule has 0 radical (unpaired) electrons. The molecule has 0 unspecified atom stereocenters. The highest BCUT2D eigenvalue weighted by atomic mass is 32.1. The molecule has 0 spiro atoms. The molecule has 2 rings (SSSR count). The zero-order valence-corrected chi connectivity index (χ0v) is 12.0. The van der Waals surface area contributed by atoms with E-state index in [9.17, 15) is 5.26 Å². The molecule has 0 atom stereocenters. The molecule has 4 nitrogen and oxygen atoms in total. The summed E-state index contributed by atoms with van der Waals surface area (Å²) in [6, 6.07) is 11.3. The van der Waals surface area contributed by atoms with Crippen molar-refractivity contribution in [2.45, 2.75) is 0 Å². The first-order valence-electron chi connectivity index (χ1n) is 5.87. The predicted molar refractivity (Wildman–Crippen MR) is 81.8 cm³/mol. The number of rotatable bonds is 4. The highest BCUT2D eigenvalue weighted by Crippen LogP contribution is 2.31. The summed E-state index contributed by atoms with van der Waals surface area (Å²) in [4.78, 5) is 0.939. The Kier molecular flexibility index (Phi) is 4.28. The number of benzene rings is 1. The Balaban J connectivity index is 2.42. The number of anilines is 1. The Morgan fingerprint density at radius 3 is 2.50 bits per heavy atom. The van der Waals surface area contributed by atoms with Crippen molar-refractivity contribution >= 4 is 28.0 Å². The molecule has 2 N–H and O–H groups in total. The fourth-order valence-electron chi connectivity index (χ4n) is 1.77. The van der Waals surface area contributed by atoms with E-state index in [4.69, 9.17) is 15.2 Å². The van der Waals surface area contributed by atoms with Gasteiger partial charge >= 0.3 is 0 Å². The molecule has 0 saturated carbocycles. The van der Waals surface area contributed by atoms with Crippen molar-refractivity contribution in [3.63, 3.8) is 0 Å². The smallest absolute Gasteiger partial charge is 0.161 e. The molecule has 5 heteroatoms. The lowest BCUT2D eigenvalue weighted by atomic mass is 10.1. The molecule has 0 aliphatic rings. The molecule has 0 fully saturated rings. The molecule has 1 aromatic heterocycles. The number of hydrogen-bond donors (Lipinski definition) is 1. The van der Waals surface area contributed by atoms with Crippen LogP contribution in [0.2, 0.25) is 0 Å². The molecular weight excluding hydrogens is 272 g/mol. The normalized spacial score (nSPS) is 10.9. The van der Waals surface area contributed by atoms with Crippen LogP contribution < -0.4 is 15.2 Å². The Labute approximate surface area is 121 Å². The largest absolute Gasteiger partial charge is 0.493 e. The van der Waals surface area contributed by atoms with Gasteiger partial charge in [0.15, 0.2) is 11.5 Å². The van der Waals surface area contributed by atoms with Gasteiger partial charge in [-0.2, -0.15) is 5.26 Å². The number of methoxy groups -OCH3 is 2. The van der Waals surface area contributed by atoms with Crippen LogP contribution in [0.25, 0.3) is 11.6 Å². The lowest BCUT2D eigenvalue weighted by Crippen LogP contribution is -1.92. The lowest BCUT2D eigenvalue weighted by Gasteiger charge is -2.08. The van der Waals surface area contributed by atoms with E-state index in [0.717, 1.165) is 15.4 Å².